The Labute approximate surface area is 136 Å². The summed E-state index contributed by atoms with van der Waals surface area (Å²) in [6.45, 7) is 2.13. The molecule has 7 nitrogen and oxygen atoms in total. The molecule has 0 atom stereocenters. The van der Waals surface area contributed by atoms with Crippen LogP contribution in [-0.4, -0.2) is 49.6 Å². The lowest BCUT2D eigenvalue weighted by atomic mass is 10.1. The van der Waals surface area contributed by atoms with Crippen LogP contribution in [0, 0.1) is 10.1 Å². The molecule has 24 heavy (non-hydrogen) atoms. The van der Waals surface area contributed by atoms with Crippen LogP contribution < -0.4 is 4.90 Å². The number of nitrogens with zero attached hydrogens (tertiary/aromatic N) is 3. The molecule has 0 spiro atoms. The van der Waals surface area contributed by atoms with Crippen molar-refractivity contribution in [3.8, 4) is 0 Å². The highest BCUT2D eigenvalue weighted by Crippen LogP contribution is 2.36. The van der Waals surface area contributed by atoms with E-state index < -0.39 is 32.4 Å². The number of rotatable bonds is 4. The zero-order valence-corrected chi connectivity index (χ0v) is 13.6. The number of sulfonamides is 1. The molecule has 0 saturated carbocycles. The van der Waals surface area contributed by atoms with Crippen LogP contribution >= 0.6 is 0 Å². The summed E-state index contributed by atoms with van der Waals surface area (Å²) in [5.74, 6) is -0.0482. The van der Waals surface area contributed by atoms with E-state index in [1.807, 2.05) is 0 Å². The molecular weight excluding hydrogens is 351 g/mol. The molecule has 1 aliphatic heterocycles. The topological polar surface area (TPSA) is 83.8 Å². The Morgan fingerprint density at radius 1 is 1.21 bits per heavy atom. The average molecular weight is 367 g/mol. The van der Waals surface area contributed by atoms with E-state index in [2.05, 4.69) is 0 Å². The van der Waals surface area contributed by atoms with Crippen LogP contribution in [0.2, 0.25) is 0 Å². The molecule has 2 rings (SSSR count). The fourth-order valence-electron chi connectivity index (χ4n) is 2.50. The molecule has 1 heterocycles. The van der Waals surface area contributed by atoms with E-state index >= 15 is 0 Å². The monoisotopic (exact) mass is 367 g/mol. The van der Waals surface area contributed by atoms with Crippen molar-refractivity contribution < 1.29 is 26.5 Å². The molecule has 0 radical (unpaired) electrons. The van der Waals surface area contributed by atoms with Crippen molar-refractivity contribution in [2.45, 2.75) is 13.1 Å². The maximum atomic E-state index is 12.7. The number of anilines is 1. The van der Waals surface area contributed by atoms with E-state index in [1.165, 1.54) is 16.1 Å². The number of halogens is 3. The van der Waals surface area contributed by atoms with Crippen LogP contribution in [0.3, 0.4) is 0 Å². The number of nitro benzene ring substituents is 1. The van der Waals surface area contributed by atoms with Gasteiger partial charge in [0.1, 0.15) is 5.69 Å². The minimum absolute atomic E-state index is 0.0482. The molecule has 1 aliphatic rings. The van der Waals surface area contributed by atoms with E-state index in [0.29, 0.717) is 6.07 Å². The molecular formula is C13H16F3N3O4S. The van der Waals surface area contributed by atoms with Crippen molar-refractivity contribution >= 4 is 21.4 Å². The fourth-order valence-corrected chi connectivity index (χ4v) is 3.59. The largest absolute Gasteiger partial charge is 0.416 e. The summed E-state index contributed by atoms with van der Waals surface area (Å²) in [6, 6.07) is 2.35. The summed E-state index contributed by atoms with van der Waals surface area (Å²) in [4.78, 5) is 11.8. The summed E-state index contributed by atoms with van der Waals surface area (Å²) >= 11 is 0. The van der Waals surface area contributed by atoms with Gasteiger partial charge in [-0.2, -0.15) is 17.5 Å². The first-order chi connectivity index (χ1) is 11.1. The minimum Gasteiger partial charge on any atom is -0.363 e. The quantitative estimate of drug-likeness (QED) is 0.601. The fraction of sp³-hybridized carbons (Fsp3) is 0.538. The molecule has 0 amide bonds. The Kier molecular flexibility index (Phi) is 5.04. The van der Waals surface area contributed by atoms with E-state index in [0.717, 1.165) is 12.1 Å². The summed E-state index contributed by atoms with van der Waals surface area (Å²) in [6.07, 6.45) is -4.67. The lowest BCUT2D eigenvalue weighted by molar-refractivity contribution is -0.384. The van der Waals surface area contributed by atoms with Gasteiger partial charge in [0.15, 0.2) is 0 Å². The predicted molar refractivity (Wildman–Crippen MR) is 81.3 cm³/mol. The van der Waals surface area contributed by atoms with Gasteiger partial charge in [0.05, 0.1) is 16.2 Å². The molecule has 0 aliphatic carbocycles. The summed E-state index contributed by atoms with van der Waals surface area (Å²) in [5, 5.41) is 11.1. The molecule has 1 saturated heterocycles. The van der Waals surface area contributed by atoms with Crippen molar-refractivity contribution in [3.63, 3.8) is 0 Å². The second-order valence-corrected chi connectivity index (χ2v) is 7.50. The second kappa shape index (κ2) is 6.55. The smallest absolute Gasteiger partial charge is 0.363 e. The normalized spacial score (nSPS) is 17.1. The Morgan fingerprint density at radius 3 is 2.25 bits per heavy atom. The average Bonchev–Trinajstić information content (AvgIpc) is 2.53. The highest BCUT2D eigenvalue weighted by molar-refractivity contribution is 7.89. The lowest BCUT2D eigenvalue weighted by Gasteiger charge is -2.35. The maximum absolute atomic E-state index is 12.7. The van der Waals surface area contributed by atoms with Gasteiger partial charge in [-0.15, -0.1) is 0 Å². The molecule has 0 bridgehead atoms. The number of benzene rings is 1. The second-order valence-electron chi connectivity index (χ2n) is 5.25. The zero-order chi connectivity index (χ0) is 18.1. The van der Waals surface area contributed by atoms with E-state index in [1.54, 1.807) is 0 Å². The Balaban J connectivity index is 2.26. The minimum atomic E-state index is -4.67. The number of hydrogen-bond acceptors (Lipinski definition) is 5. The van der Waals surface area contributed by atoms with E-state index in [-0.39, 0.29) is 37.6 Å². The van der Waals surface area contributed by atoms with Gasteiger partial charge in [-0.05, 0) is 19.1 Å². The van der Waals surface area contributed by atoms with Crippen molar-refractivity contribution in [3.05, 3.63) is 33.9 Å². The summed E-state index contributed by atoms with van der Waals surface area (Å²) < 4.78 is 63.0. The molecule has 0 N–H and O–H groups in total. The molecule has 1 aromatic carbocycles. The van der Waals surface area contributed by atoms with Crippen LogP contribution in [0.25, 0.3) is 0 Å². The van der Waals surface area contributed by atoms with Gasteiger partial charge in [-0.3, -0.25) is 10.1 Å². The predicted octanol–water partition coefficient (Wildman–Crippen LogP) is 2.09. The van der Waals surface area contributed by atoms with Gasteiger partial charge in [-0.1, -0.05) is 0 Å². The molecule has 0 unspecified atom stereocenters. The van der Waals surface area contributed by atoms with Crippen LogP contribution in [0.1, 0.15) is 12.5 Å². The van der Waals surface area contributed by atoms with E-state index in [9.17, 15) is 31.7 Å². The Morgan fingerprint density at radius 2 is 1.79 bits per heavy atom. The van der Waals surface area contributed by atoms with Gasteiger partial charge in [0.25, 0.3) is 5.69 Å². The first kappa shape index (κ1) is 18.5. The Hall–Kier alpha value is -1.88. The highest BCUT2D eigenvalue weighted by atomic mass is 32.2. The number of piperazine rings is 1. The van der Waals surface area contributed by atoms with Gasteiger partial charge in [-0.25, -0.2) is 8.42 Å². The number of alkyl halides is 3. The molecule has 11 heteroatoms. The van der Waals surface area contributed by atoms with Gasteiger partial charge < -0.3 is 4.90 Å². The third-order valence-corrected chi connectivity index (χ3v) is 5.72. The molecule has 1 fully saturated rings. The summed E-state index contributed by atoms with van der Waals surface area (Å²) in [7, 11) is -3.36. The Bertz CT molecular complexity index is 728. The van der Waals surface area contributed by atoms with Crippen molar-refractivity contribution in [1.82, 2.24) is 4.31 Å². The highest BCUT2D eigenvalue weighted by Gasteiger charge is 2.34. The SMILES string of the molecule is CCS(=O)(=O)N1CCN(c2ccc(C(F)(F)F)cc2[N+](=O)[O-])CC1. The number of hydrogen-bond donors (Lipinski definition) is 0. The van der Waals surface area contributed by atoms with Crippen molar-refractivity contribution in [2.75, 3.05) is 36.8 Å². The molecule has 0 aromatic heterocycles. The van der Waals surface area contributed by atoms with E-state index in [4.69, 9.17) is 0 Å². The van der Waals surface area contributed by atoms with Crippen LogP contribution in [0.5, 0.6) is 0 Å². The molecule has 134 valence electrons. The first-order valence-electron chi connectivity index (χ1n) is 7.14. The van der Waals surface area contributed by atoms with Crippen LogP contribution in [-0.2, 0) is 16.2 Å². The first-order valence-corrected chi connectivity index (χ1v) is 8.75. The van der Waals surface area contributed by atoms with Crippen molar-refractivity contribution in [1.29, 1.82) is 0 Å². The third-order valence-electron chi connectivity index (χ3n) is 3.84. The van der Waals surface area contributed by atoms with Gasteiger partial charge in [0, 0.05) is 32.2 Å². The summed E-state index contributed by atoms with van der Waals surface area (Å²) in [5.41, 5.74) is -1.68. The third kappa shape index (κ3) is 3.78. The standard InChI is InChI=1S/C13H16F3N3O4S/c1-2-24(22,23)18-7-5-17(6-8-18)11-4-3-10(13(14,15)16)9-12(11)19(20)21/h3-4,9H,2,5-8H2,1H3. The van der Waals surface area contributed by atoms with Gasteiger partial charge >= 0.3 is 6.18 Å². The lowest BCUT2D eigenvalue weighted by Crippen LogP contribution is -2.49. The maximum Gasteiger partial charge on any atom is 0.416 e. The van der Waals surface area contributed by atoms with Crippen LogP contribution in [0.4, 0.5) is 24.5 Å². The van der Waals surface area contributed by atoms with Crippen molar-refractivity contribution in [2.24, 2.45) is 0 Å². The van der Waals surface area contributed by atoms with Gasteiger partial charge in [0.2, 0.25) is 10.0 Å². The zero-order valence-electron chi connectivity index (χ0n) is 12.8. The van der Waals surface area contributed by atoms with Crippen LogP contribution in [0.15, 0.2) is 18.2 Å². The number of nitro groups is 1. The molecule has 1 aromatic rings.